The Kier molecular flexibility index (Phi) is 5.31. The van der Waals surface area contributed by atoms with E-state index in [4.69, 9.17) is 9.47 Å². The minimum absolute atomic E-state index is 0.124. The van der Waals surface area contributed by atoms with Crippen molar-refractivity contribution in [3.8, 4) is 5.75 Å². The molecule has 0 saturated carbocycles. The van der Waals surface area contributed by atoms with Gasteiger partial charge in [0, 0.05) is 19.7 Å². The second kappa shape index (κ2) is 7.40. The average Bonchev–Trinajstić information content (AvgIpc) is 2.60. The van der Waals surface area contributed by atoms with Gasteiger partial charge in [0.25, 0.3) is 11.5 Å². The van der Waals surface area contributed by atoms with E-state index in [2.05, 4.69) is 10.4 Å². The van der Waals surface area contributed by atoms with Crippen molar-refractivity contribution < 1.29 is 19.1 Å². The molecule has 126 valence electrons. The monoisotopic (exact) mass is 331 g/mol. The molecule has 1 aromatic heterocycles. The Labute approximate surface area is 138 Å². The molecule has 8 heteroatoms. The van der Waals surface area contributed by atoms with Gasteiger partial charge in [-0.15, -0.1) is 0 Å². The fourth-order valence-corrected chi connectivity index (χ4v) is 2.03. The van der Waals surface area contributed by atoms with E-state index in [1.54, 1.807) is 18.2 Å². The van der Waals surface area contributed by atoms with Gasteiger partial charge in [-0.3, -0.25) is 9.59 Å². The van der Waals surface area contributed by atoms with Gasteiger partial charge in [0.05, 0.1) is 14.2 Å². The first-order valence-electron chi connectivity index (χ1n) is 7.04. The van der Waals surface area contributed by atoms with E-state index in [9.17, 15) is 14.4 Å². The number of carbonyl (C=O) groups excluding carboxylic acids is 2. The van der Waals surface area contributed by atoms with E-state index < -0.39 is 11.9 Å². The molecule has 0 saturated heterocycles. The maximum atomic E-state index is 12.1. The van der Waals surface area contributed by atoms with Crippen molar-refractivity contribution in [1.82, 2.24) is 15.1 Å². The molecule has 0 unspecified atom stereocenters. The lowest BCUT2D eigenvalue weighted by atomic mass is 10.1. The fraction of sp³-hybridized carbons (Fsp3) is 0.250. The summed E-state index contributed by atoms with van der Waals surface area (Å²) in [6, 6.07) is 7.55. The van der Waals surface area contributed by atoms with Gasteiger partial charge in [-0.1, -0.05) is 6.07 Å². The van der Waals surface area contributed by atoms with Crippen LogP contribution in [0.2, 0.25) is 0 Å². The Balaban J connectivity index is 2.13. The van der Waals surface area contributed by atoms with Gasteiger partial charge >= 0.3 is 5.97 Å². The Bertz CT molecular complexity index is 829. The van der Waals surface area contributed by atoms with Crippen LogP contribution in [-0.2, 0) is 18.3 Å². The molecule has 0 aliphatic heterocycles. The van der Waals surface area contributed by atoms with Crippen molar-refractivity contribution >= 4 is 11.9 Å². The Hall–Kier alpha value is -3.16. The topological polar surface area (TPSA) is 99.5 Å². The van der Waals surface area contributed by atoms with E-state index in [1.165, 1.54) is 33.4 Å². The molecule has 1 amide bonds. The largest absolute Gasteiger partial charge is 0.496 e. The van der Waals surface area contributed by atoms with Gasteiger partial charge in [0.2, 0.25) is 0 Å². The van der Waals surface area contributed by atoms with Crippen LogP contribution in [0.25, 0.3) is 0 Å². The lowest BCUT2D eigenvalue weighted by Gasteiger charge is -2.10. The average molecular weight is 331 g/mol. The van der Waals surface area contributed by atoms with Crippen LogP contribution in [0.1, 0.15) is 26.4 Å². The number of nitrogens with one attached hydrogen (secondary N) is 1. The highest BCUT2D eigenvalue weighted by Gasteiger charge is 2.14. The van der Waals surface area contributed by atoms with Crippen molar-refractivity contribution in [2.45, 2.75) is 6.54 Å². The number of aromatic nitrogens is 2. The zero-order chi connectivity index (χ0) is 17.7. The molecule has 0 atom stereocenters. The summed E-state index contributed by atoms with van der Waals surface area (Å²) in [4.78, 5) is 35.1. The van der Waals surface area contributed by atoms with Crippen molar-refractivity contribution in [1.29, 1.82) is 0 Å². The number of benzene rings is 1. The molecule has 0 fully saturated rings. The van der Waals surface area contributed by atoms with E-state index in [-0.39, 0.29) is 23.4 Å². The number of nitrogens with zero attached hydrogens (tertiary/aromatic N) is 2. The van der Waals surface area contributed by atoms with E-state index in [1.807, 2.05) is 0 Å². The first-order valence-corrected chi connectivity index (χ1v) is 7.04. The van der Waals surface area contributed by atoms with Crippen molar-refractivity contribution in [3.05, 3.63) is 57.5 Å². The van der Waals surface area contributed by atoms with Crippen LogP contribution in [0.3, 0.4) is 0 Å². The quantitative estimate of drug-likeness (QED) is 0.801. The van der Waals surface area contributed by atoms with Gasteiger partial charge in [0.1, 0.15) is 17.0 Å². The molecule has 1 N–H and O–H groups in total. The van der Waals surface area contributed by atoms with Crippen molar-refractivity contribution in [2.75, 3.05) is 14.2 Å². The summed E-state index contributed by atoms with van der Waals surface area (Å²) in [7, 11) is 4.20. The number of amides is 1. The van der Waals surface area contributed by atoms with Gasteiger partial charge in [-0.2, -0.15) is 5.10 Å². The molecule has 2 rings (SSSR count). The van der Waals surface area contributed by atoms with Gasteiger partial charge in [0.15, 0.2) is 0 Å². The molecule has 1 aromatic carbocycles. The summed E-state index contributed by atoms with van der Waals surface area (Å²) in [5, 5.41) is 6.54. The smallest absolute Gasteiger partial charge is 0.341 e. The SMILES string of the molecule is COC(=O)c1cc(CNC(=O)c2ccc(=O)n(C)n2)ccc1OC. The summed E-state index contributed by atoms with van der Waals surface area (Å²) >= 11 is 0. The lowest BCUT2D eigenvalue weighted by molar-refractivity contribution is 0.0597. The number of methoxy groups -OCH3 is 2. The summed E-state index contributed by atoms with van der Waals surface area (Å²) in [6.07, 6.45) is 0. The Morgan fingerprint density at radius 2 is 1.96 bits per heavy atom. The van der Waals surface area contributed by atoms with Gasteiger partial charge in [-0.25, -0.2) is 9.48 Å². The van der Waals surface area contributed by atoms with E-state index in [0.717, 1.165) is 4.68 Å². The minimum atomic E-state index is -0.528. The zero-order valence-corrected chi connectivity index (χ0v) is 13.5. The maximum absolute atomic E-state index is 12.1. The first kappa shape index (κ1) is 17.2. The van der Waals surface area contributed by atoms with Crippen LogP contribution in [0.4, 0.5) is 0 Å². The number of hydrogen-bond acceptors (Lipinski definition) is 6. The molecular weight excluding hydrogens is 314 g/mol. The number of carbonyl (C=O) groups is 2. The molecule has 1 heterocycles. The molecule has 0 aliphatic rings. The zero-order valence-electron chi connectivity index (χ0n) is 13.5. The molecule has 24 heavy (non-hydrogen) atoms. The number of rotatable bonds is 5. The molecule has 2 aromatic rings. The highest BCUT2D eigenvalue weighted by molar-refractivity contribution is 5.93. The summed E-state index contributed by atoms with van der Waals surface area (Å²) in [6.45, 7) is 0.178. The molecule has 0 radical (unpaired) electrons. The first-order chi connectivity index (χ1) is 11.5. The third kappa shape index (κ3) is 3.78. The second-order valence-electron chi connectivity index (χ2n) is 4.89. The van der Waals surface area contributed by atoms with E-state index in [0.29, 0.717) is 11.3 Å². The normalized spacial score (nSPS) is 10.1. The van der Waals surface area contributed by atoms with Gasteiger partial charge in [-0.05, 0) is 23.8 Å². The number of aryl methyl sites for hydroxylation is 1. The van der Waals surface area contributed by atoms with Crippen LogP contribution in [0, 0.1) is 0 Å². The van der Waals surface area contributed by atoms with Crippen LogP contribution >= 0.6 is 0 Å². The van der Waals surface area contributed by atoms with Crippen molar-refractivity contribution in [2.24, 2.45) is 7.05 Å². The third-order valence-electron chi connectivity index (χ3n) is 3.32. The standard InChI is InChI=1S/C16H17N3O5/c1-19-14(20)7-5-12(18-19)15(21)17-9-10-4-6-13(23-2)11(8-10)16(22)24-3/h4-8H,9H2,1-3H3,(H,17,21). The van der Waals surface area contributed by atoms with Crippen LogP contribution in [0.5, 0.6) is 5.75 Å². The number of hydrogen-bond donors (Lipinski definition) is 1. The van der Waals surface area contributed by atoms with Crippen LogP contribution < -0.4 is 15.6 Å². The minimum Gasteiger partial charge on any atom is -0.496 e. The summed E-state index contributed by atoms with van der Waals surface area (Å²) in [5.74, 6) is -0.572. The second-order valence-corrected chi connectivity index (χ2v) is 4.89. The van der Waals surface area contributed by atoms with Crippen LogP contribution in [0.15, 0.2) is 35.1 Å². The highest BCUT2D eigenvalue weighted by Crippen LogP contribution is 2.20. The predicted molar refractivity (Wildman–Crippen MR) is 85.0 cm³/mol. The summed E-state index contributed by atoms with van der Waals surface area (Å²) < 4.78 is 10.9. The molecule has 0 aliphatic carbocycles. The maximum Gasteiger partial charge on any atom is 0.341 e. The van der Waals surface area contributed by atoms with Crippen LogP contribution in [-0.4, -0.2) is 35.9 Å². The van der Waals surface area contributed by atoms with Gasteiger partial charge < -0.3 is 14.8 Å². The molecule has 0 spiro atoms. The van der Waals surface area contributed by atoms with Crippen molar-refractivity contribution in [3.63, 3.8) is 0 Å². The Morgan fingerprint density at radius 1 is 1.21 bits per heavy atom. The fourth-order valence-electron chi connectivity index (χ4n) is 2.03. The third-order valence-corrected chi connectivity index (χ3v) is 3.32. The predicted octanol–water partition coefficient (Wildman–Crippen LogP) is 0.505. The summed E-state index contributed by atoms with van der Waals surface area (Å²) in [5.41, 5.74) is 0.782. The number of esters is 1. The highest BCUT2D eigenvalue weighted by atomic mass is 16.5. The lowest BCUT2D eigenvalue weighted by Crippen LogP contribution is -2.28. The van der Waals surface area contributed by atoms with E-state index >= 15 is 0 Å². The molecule has 0 bridgehead atoms. The number of ether oxygens (including phenoxy) is 2. The molecule has 8 nitrogen and oxygen atoms in total. The molecular formula is C16H17N3O5. The Morgan fingerprint density at radius 3 is 2.58 bits per heavy atom.